The largest absolute Gasteiger partial charge is 0.496 e. The highest BCUT2D eigenvalue weighted by Gasteiger charge is 2.26. The molecule has 1 unspecified atom stereocenters. The molecule has 2 aromatic carbocycles. The molecule has 4 rings (SSSR count). The van der Waals surface area contributed by atoms with Crippen LogP contribution in [0.3, 0.4) is 0 Å². The van der Waals surface area contributed by atoms with E-state index in [2.05, 4.69) is 52.0 Å². The molecule has 0 spiro atoms. The van der Waals surface area contributed by atoms with Crippen molar-refractivity contribution in [3.8, 4) is 17.0 Å². The molecule has 0 bridgehead atoms. The third kappa shape index (κ3) is 4.50. The molecule has 1 fully saturated rings. The van der Waals surface area contributed by atoms with Gasteiger partial charge in [0.25, 0.3) is 0 Å². The maximum atomic E-state index is 5.59. The SMILES string of the molecule is COc1ccccc1C1CNCCN1Cc1nc(-c2ccccc2)cs1.Cl. The van der Waals surface area contributed by atoms with E-state index >= 15 is 0 Å². The molecular formula is C21H24ClN3OS. The second-order valence-electron chi connectivity index (χ2n) is 6.42. The van der Waals surface area contributed by atoms with Crippen LogP contribution in [0.2, 0.25) is 0 Å². The molecule has 6 heteroatoms. The molecule has 1 aliphatic heterocycles. The Kier molecular flexibility index (Phi) is 6.85. The lowest BCUT2D eigenvalue weighted by molar-refractivity contribution is 0.151. The quantitative estimate of drug-likeness (QED) is 0.688. The van der Waals surface area contributed by atoms with Gasteiger partial charge in [-0.2, -0.15) is 0 Å². The van der Waals surface area contributed by atoms with Crippen molar-refractivity contribution in [1.29, 1.82) is 0 Å². The zero-order chi connectivity index (χ0) is 17.8. The van der Waals surface area contributed by atoms with Crippen molar-refractivity contribution in [1.82, 2.24) is 15.2 Å². The summed E-state index contributed by atoms with van der Waals surface area (Å²) in [6.07, 6.45) is 0. The Morgan fingerprint density at radius 2 is 1.93 bits per heavy atom. The molecule has 1 aromatic heterocycles. The number of nitrogens with one attached hydrogen (secondary N) is 1. The van der Waals surface area contributed by atoms with Gasteiger partial charge in [0, 0.05) is 36.1 Å². The number of hydrogen-bond donors (Lipinski definition) is 1. The van der Waals surface area contributed by atoms with E-state index in [1.165, 1.54) is 11.1 Å². The first-order valence-electron chi connectivity index (χ1n) is 8.92. The van der Waals surface area contributed by atoms with Crippen molar-refractivity contribution in [2.24, 2.45) is 0 Å². The zero-order valence-corrected chi connectivity index (χ0v) is 16.9. The van der Waals surface area contributed by atoms with E-state index < -0.39 is 0 Å². The number of hydrogen-bond acceptors (Lipinski definition) is 5. The first-order chi connectivity index (χ1) is 12.8. The van der Waals surface area contributed by atoms with E-state index in [1.54, 1.807) is 18.4 Å². The monoisotopic (exact) mass is 401 g/mol. The van der Waals surface area contributed by atoms with Crippen molar-refractivity contribution in [3.05, 3.63) is 70.5 Å². The van der Waals surface area contributed by atoms with E-state index in [4.69, 9.17) is 9.72 Å². The molecule has 0 aliphatic carbocycles. The minimum absolute atomic E-state index is 0. The van der Waals surface area contributed by atoms with Crippen LogP contribution in [-0.2, 0) is 6.54 Å². The van der Waals surface area contributed by atoms with Gasteiger partial charge in [0.05, 0.1) is 25.4 Å². The van der Waals surface area contributed by atoms with Gasteiger partial charge in [0.15, 0.2) is 0 Å². The van der Waals surface area contributed by atoms with Gasteiger partial charge in [0.1, 0.15) is 10.8 Å². The van der Waals surface area contributed by atoms with Gasteiger partial charge < -0.3 is 10.1 Å². The summed E-state index contributed by atoms with van der Waals surface area (Å²) in [5.41, 5.74) is 3.48. The Morgan fingerprint density at radius 1 is 1.15 bits per heavy atom. The number of nitrogens with zero attached hydrogens (tertiary/aromatic N) is 2. The maximum absolute atomic E-state index is 5.59. The lowest BCUT2D eigenvalue weighted by atomic mass is 10.0. The van der Waals surface area contributed by atoms with E-state index in [0.717, 1.165) is 42.6 Å². The molecule has 1 aliphatic rings. The molecule has 1 saturated heterocycles. The van der Waals surface area contributed by atoms with Crippen molar-refractivity contribution >= 4 is 23.7 Å². The molecule has 0 radical (unpaired) electrons. The number of rotatable bonds is 5. The lowest BCUT2D eigenvalue weighted by Gasteiger charge is -2.36. The van der Waals surface area contributed by atoms with Crippen LogP contribution < -0.4 is 10.1 Å². The molecule has 3 aromatic rings. The Bertz CT molecular complexity index is 855. The van der Waals surface area contributed by atoms with E-state index in [0.29, 0.717) is 6.04 Å². The fourth-order valence-electron chi connectivity index (χ4n) is 3.48. The molecule has 0 saturated carbocycles. The molecule has 4 nitrogen and oxygen atoms in total. The van der Waals surface area contributed by atoms with Crippen molar-refractivity contribution in [2.75, 3.05) is 26.7 Å². The number of benzene rings is 2. The van der Waals surface area contributed by atoms with Crippen LogP contribution >= 0.6 is 23.7 Å². The molecule has 1 atom stereocenters. The summed E-state index contributed by atoms with van der Waals surface area (Å²) in [5, 5.41) is 6.83. The highest BCUT2D eigenvalue weighted by molar-refractivity contribution is 7.09. The van der Waals surface area contributed by atoms with Crippen LogP contribution in [0.1, 0.15) is 16.6 Å². The third-order valence-corrected chi connectivity index (χ3v) is 5.65. The molecule has 27 heavy (non-hydrogen) atoms. The summed E-state index contributed by atoms with van der Waals surface area (Å²) in [4.78, 5) is 7.37. The Morgan fingerprint density at radius 3 is 2.74 bits per heavy atom. The summed E-state index contributed by atoms with van der Waals surface area (Å²) in [6.45, 7) is 3.80. The van der Waals surface area contributed by atoms with E-state index in [1.807, 2.05) is 18.2 Å². The second-order valence-corrected chi connectivity index (χ2v) is 7.37. The fraction of sp³-hybridized carbons (Fsp3) is 0.286. The van der Waals surface area contributed by atoms with Crippen molar-refractivity contribution in [3.63, 3.8) is 0 Å². The minimum Gasteiger partial charge on any atom is -0.496 e. The number of aromatic nitrogens is 1. The highest BCUT2D eigenvalue weighted by atomic mass is 35.5. The van der Waals surface area contributed by atoms with Crippen molar-refractivity contribution in [2.45, 2.75) is 12.6 Å². The van der Waals surface area contributed by atoms with Gasteiger partial charge in [0.2, 0.25) is 0 Å². The van der Waals surface area contributed by atoms with Gasteiger partial charge in [-0.1, -0.05) is 48.5 Å². The van der Waals surface area contributed by atoms with Crippen LogP contribution in [0.4, 0.5) is 0 Å². The topological polar surface area (TPSA) is 37.4 Å². The Balaban J connectivity index is 0.00000210. The van der Waals surface area contributed by atoms with Gasteiger partial charge in [-0.3, -0.25) is 4.90 Å². The molecule has 142 valence electrons. The van der Waals surface area contributed by atoms with Gasteiger partial charge in [-0.25, -0.2) is 4.98 Å². The first kappa shape index (κ1) is 19.8. The van der Waals surface area contributed by atoms with Gasteiger partial charge in [-0.05, 0) is 6.07 Å². The number of ether oxygens (including phenoxy) is 1. The predicted molar refractivity (Wildman–Crippen MR) is 114 cm³/mol. The zero-order valence-electron chi connectivity index (χ0n) is 15.3. The number of piperazine rings is 1. The summed E-state index contributed by atoms with van der Waals surface area (Å²) in [7, 11) is 1.74. The van der Waals surface area contributed by atoms with Crippen LogP contribution in [0.25, 0.3) is 11.3 Å². The average Bonchev–Trinajstić information content (AvgIpc) is 3.18. The highest BCUT2D eigenvalue weighted by Crippen LogP contribution is 2.32. The maximum Gasteiger partial charge on any atom is 0.123 e. The minimum atomic E-state index is 0. The first-order valence-corrected chi connectivity index (χ1v) is 9.80. The normalized spacial score (nSPS) is 17.3. The lowest BCUT2D eigenvalue weighted by Crippen LogP contribution is -2.45. The Labute approximate surface area is 170 Å². The van der Waals surface area contributed by atoms with E-state index in [9.17, 15) is 0 Å². The summed E-state index contributed by atoms with van der Waals surface area (Å²) in [5.74, 6) is 0.954. The smallest absolute Gasteiger partial charge is 0.123 e. The third-order valence-electron chi connectivity index (χ3n) is 4.81. The Hall–Kier alpha value is -1.92. The molecular weight excluding hydrogens is 378 g/mol. The molecule has 2 heterocycles. The molecule has 1 N–H and O–H groups in total. The summed E-state index contributed by atoms with van der Waals surface area (Å²) in [6, 6.07) is 19.0. The van der Waals surface area contributed by atoms with Crippen molar-refractivity contribution < 1.29 is 4.74 Å². The van der Waals surface area contributed by atoms with Gasteiger partial charge in [-0.15, -0.1) is 23.7 Å². The van der Waals surface area contributed by atoms with Gasteiger partial charge >= 0.3 is 0 Å². The molecule has 0 amide bonds. The van der Waals surface area contributed by atoms with Crippen LogP contribution in [0, 0.1) is 0 Å². The summed E-state index contributed by atoms with van der Waals surface area (Å²) >= 11 is 1.74. The summed E-state index contributed by atoms with van der Waals surface area (Å²) < 4.78 is 5.59. The van der Waals surface area contributed by atoms with E-state index in [-0.39, 0.29) is 12.4 Å². The predicted octanol–water partition coefficient (Wildman–Crippen LogP) is 4.39. The van der Waals surface area contributed by atoms with Crippen LogP contribution in [-0.4, -0.2) is 36.6 Å². The standard InChI is InChI=1S/C21H23N3OS.ClH/c1-25-20-10-6-5-9-17(20)19-13-22-11-12-24(19)14-21-23-18(15-26-21)16-7-3-2-4-8-16;/h2-10,15,19,22H,11-14H2,1H3;1H. The number of methoxy groups -OCH3 is 1. The average molecular weight is 402 g/mol. The fourth-order valence-corrected chi connectivity index (χ4v) is 4.31. The number of para-hydroxylation sites is 1. The van der Waals surface area contributed by atoms with Crippen LogP contribution in [0.15, 0.2) is 60.0 Å². The number of halogens is 1. The number of thiazole rings is 1. The van der Waals surface area contributed by atoms with Crippen LogP contribution in [0.5, 0.6) is 5.75 Å². The second kappa shape index (κ2) is 9.33.